The lowest BCUT2D eigenvalue weighted by atomic mass is 10.1. The average Bonchev–Trinajstić information content (AvgIpc) is 2.88. The van der Waals surface area contributed by atoms with E-state index in [4.69, 9.17) is 5.73 Å². The molecule has 0 bridgehead atoms. The summed E-state index contributed by atoms with van der Waals surface area (Å²) in [4.78, 5) is 29.2. The highest BCUT2D eigenvalue weighted by Crippen LogP contribution is 2.30. The molecule has 5 nitrogen and oxygen atoms in total. The van der Waals surface area contributed by atoms with Gasteiger partial charge in [-0.2, -0.15) is 0 Å². The van der Waals surface area contributed by atoms with Gasteiger partial charge in [0.2, 0.25) is 0 Å². The Morgan fingerprint density at radius 2 is 1.94 bits per heavy atom. The minimum atomic E-state index is -0.368. The van der Waals surface area contributed by atoms with Gasteiger partial charge in [0, 0.05) is 17.3 Å². The topological polar surface area (TPSA) is 76.3 Å². The van der Waals surface area contributed by atoms with E-state index in [1.807, 2.05) is 0 Å². The summed E-state index contributed by atoms with van der Waals surface area (Å²) in [7, 11) is 0. The molecule has 17 heavy (non-hydrogen) atoms. The molecular weight excluding hydrogens is 238 g/mol. The first kappa shape index (κ1) is 9.98. The number of hydrogen-bond acceptors (Lipinski definition) is 5. The van der Waals surface area contributed by atoms with Crippen LogP contribution >= 0.6 is 11.3 Å². The fourth-order valence-electron chi connectivity index (χ4n) is 1.76. The Morgan fingerprint density at radius 1 is 1.18 bits per heavy atom. The molecule has 1 aromatic heterocycles. The fraction of sp³-hybridized carbons (Fsp3) is 0. The fourth-order valence-corrected chi connectivity index (χ4v) is 2.39. The zero-order valence-electron chi connectivity index (χ0n) is 8.58. The molecule has 0 radical (unpaired) electrons. The highest BCUT2D eigenvalue weighted by molar-refractivity contribution is 7.14. The Morgan fingerprint density at radius 3 is 2.65 bits per heavy atom. The number of benzene rings is 1. The predicted molar refractivity (Wildman–Crippen MR) is 64.1 cm³/mol. The van der Waals surface area contributed by atoms with E-state index in [2.05, 4.69) is 4.98 Å². The SMILES string of the molecule is Nc1ccc2c(c1)C(=O)N(c1nccs1)C2=O. The normalized spacial score (nSPS) is 14.2. The van der Waals surface area contributed by atoms with Crippen LogP contribution < -0.4 is 10.6 Å². The van der Waals surface area contributed by atoms with Gasteiger partial charge in [-0.25, -0.2) is 9.88 Å². The molecule has 2 aromatic rings. The molecular formula is C11H7N3O2S. The third-order valence-electron chi connectivity index (χ3n) is 2.52. The lowest BCUT2D eigenvalue weighted by molar-refractivity contribution is 0.0926. The standard InChI is InChI=1S/C11H7N3O2S/c12-6-1-2-7-8(5-6)10(16)14(9(7)15)11-13-3-4-17-11/h1-5H,12H2. The number of fused-ring (bicyclic) bond motifs is 1. The summed E-state index contributed by atoms with van der Waals surface area (Å²) < 4.78 is 0. The molecule has 3 rings (SSSR count). The number of nitrogens with two attached hydrogens (primary N) is 1. The van der Waals surface area contributed by atoms with Gasteiger partial charge in [-0.15, -0.1) is 11.3 Å². The zero-order chi connectivity index (χ0) is 12.0. The summed E-state index contributed by atoms with van der Waals surface area (Å²) in [6, 6.07) is 4.69. The Labute approximate surface area is 100 Å². The second-order valence-electron chi connectivity index (χ2n) is 3.57. The Hall–Kier alpha value is -2.21. The molecule has 2 heterocycles. The van der Waals surface area contributed by atoms with E-state index in [9.17, 15) is 9.59 Å². The van der Waals surface area contributed by atoms with Crippen molar-refractivity contribution in [2.24, 2.45) is 0 Å². The number of carbonyl (C=O) groups is 2. The van der Waals surface area contributed by atoms with E-state index in [0.29, 0.717) is 21.9 Å². The number of rotatable bonds is 1. The third-order valence-corrected chi connectivity index (χ3v) is 3.28. The van der Waals surface area contributed by atoms with Crippen molar-refractivity contribution in [3.05, 3.63) is 40.9 Å². The van der Waals surface area contributed by atoms with Crippen molar-refractivity contribution in [3.8, 4) is 0 Å². The zero-order valence-corrected chi connectivity index (χ0v) is 9.40. The third kappa shape index (κ3) is 1.34. The number of thiazole rings is 1. The van der Waals surface area contributed by atoms with Gasteiger partial charge in [0.25, 0.3) is 11.8 Å². The molecule has 2 N–H and O–H groups in total. The van der Waals surface area contributed by atoms with Gasteiger partial charge in [0.05, 0.1) is 11.1 Å². The molecule has 0 atom stereocenters. The molecule has 6 heteroatoms. The van der Waals surface area contributed by atoms with Crippen LogP contribution in [0.1, 0.15) is 20.7 Å². The number of amides is 2. The summed E-state index contributed by atoms with van der Waals surface area (Å²) in [5.74, 6) is -0.716. The largest absolute Gasteiger partial charge is 0.399 e. The number of anilines is 2. The van der Waals surface area contributed by atoms with Crippen LogP contribution in [0.5, 0.6) is 0 Å². The molecule has 0 unspecified atom stereocenters. The number of hydrogen-bond donors (Lipinski definition) is 1. The monoisotopic (exact) mass is 245 g/mol. The van der Waals surface area contributed by atoms with Gasteiger partial charge >= 0.3 is 0 Å². The number of aromatic nitrogens is 1. The predicted octanol–water partition coefficient (Wildman–Crippen LogP) is 1.53. The first-order chi connectivity index (χ1) is 8.18. The highest BCUT2D eigenvalue weighted by Gasteiger charge is 2.37. The summed E-state index contributed by atoms with van der Waals surface area (Å²) in [6.45, 7) is 0. The Bertz CT molecular complexity index is 622. The van der Waals surface area contributed by atoms with Crippen LogP contribution in [0.2, 0.25) is 0 Å². The van der Waals surface area contributed by atoms with E-state index in [1.165, 1.54) is 17.4 Å². The van der Waals surface area contributed by atoms with E-state index in [-0.39, 0.29) is 11.8 Å². The van der Waals surface area contributed by atoms with Crippen molar-refractivity contribution < 1.29 is 9.59 Å². The van der Waals surface area contributed by atoms with Gasteiger partial charge in [0.1, 0.15) is 0 Å². The van der Waals surface area contributed by atoms with Crippen LogP contribution in [0, 0.1) is 0 Å². The highest BCUT2D eigenvalue weighted by atomic mass is 32.1. The van der Waals surface area contributed by atoms with Gasteiger partial charge in [-0.1, -0.05) is 0 Å². The van der Waals surface area contributed by atoms with Gasteiger partial charge in [-0.05, 0) is 18.2 Å². The number of imide groups is 1. The van der Waals surface area contributed by atoms with Crippen molar-refractivity contribution in [1.82, 2.24) is 4.98 Å². The lowest BCUT2D eigenvalue weighted by Crippen LogP contribution is -2.29. The number of nitrogens with zero attached hydrogens (tertiary/aromatic N) is 2. The van der Waals surface area contributed by atoms with E-state index in [1.54, 1.807) is 23.7 Å². The molecule has 2 amide bonds. The molecule has 0 spiro atoms. The van der Waals surface area contributed by atoms with E-state index < -0.39 is 0 Å². The van der Waals surface area contributed by atoms with Crippen LogP contribution in [-0.4, -0.2) is 16.8 Å². The molecule has 1 aliphatic rings. The van der Waals surface area contributed by atoms with Crippen LogP contribution in [0.15, 0.2) is 29.8 Å². The summed E-state index contributed by atoms with van der Waals surface area (Å²) >= 11 is 1.24. The van der Waals surface area contributed by atoms with E-state index in [0.717, 1.165) is 4.90 Å². The van der Waals surface area contributed by atoms with Crippen LogP contribution in [0.3, 0.4) is 0 Å². The summed E-state index contributed by atoms with van der Waals surface area (Å²) in [5, 5.41) is 2.10. The van der Waals surface area contributed by atoms with Crippen molar-refractivity contribution in [1.29, 1.82) is 0 Å². The van der Waals surface area contributed by atoms with Crippen LogP contribution in [0.25, 0.3) is 0 Å². The molecule has 84 valence electrons. The van der Waals surface area contributed by atoms with Crippen LogP contribution in [-0.2, 0) is 0 Å². The number of carbonyl (C=O) groups excluding carboxylic acids is 2. The quantitative estimate of drug-likeness (QED) is 0.610. The minimum absolute atomic E-state index is 0.338. The second-order valence-corrected chi connectivity index (χ2v) is 4.44. The molecule has 0 fully saturated rings. The summed E-state index contributed by atoms with van der Waals surface area (Å²) in [6.07, 6.45) is 1.55. The first-order valence-corrected chi connectivity index (χ1v) is 5.74. The molecule has 0 saturated carbocycles. The average molecular weight is 245 g/mol. The van der Waals surface area contributed by atoms with Crippen molar-refractivity contribution in [3.63, 3.8) is 0 Å². The van der Waals surface area contributed by atoms with E-state index >= 15 is 0 Å². The minimum Gasteiger partial charge on any atom is -0.399 e. The molecule has 0 aliphatic carbocycles. The maximum Gasteiger partial charge on any atom is 0.268 e. The first-order valence-electron chi connectivity index (χ1n) is 4.86. The maximum absolute atomic E-state index is 12.1. The van der Waals surface area contributed by atoms with Gasteiger partial charge in [-0.3, -0.25) is 9.59 Å². The Balaban J connectivity index is 2.15. The molecule has 0 saturated heterocycles. The lowest BCUT2D eigenvalue weighted by Gasteiger charge is -2.08. The maximum atomic E-state index is 12.1. The van der Waals surface area contributed by atoms with Crippen LogP contribution in [0.4, 0.5) is 10.8 Å². The smallest absolute Gasteiger partial charge is 0.268 e. The second kappa shape index (κ2) is 3.39. The van der Waals surface area contributed by atoms with Gasteiger partial charge < -0.3 is 5.73 Å². The van der Waals surface area contributed by atoms with Crippen molar-refractivity contribution in [2.45, 2.75) is 0 Å². The number of nitrogen functional groups attached to an aromatic ring is 1. The Kier molecular flexibility index (Phi) is 1.99. The molecule has 1 aromatic carbocycles. The van der Waals surface area contributed by atoms with Crippen molar-refractivity contribution >= 4 is 34.0 Å². The molecule has 1 aliphatic heterocycles. The van der Waals surface area contributed by atoms with Gasteiger partial charge in [0.15, 0.2) is 5.13 Å². The summed E-state index contributed by atoms with van der Waals surface area (Å²) in [5.41, 5.74) is 6.78. The van der Waals surface area contributed by atoms with Crippen molar-refractivity contribution in [2.75, 3.05) is 10.6 Å².